The lowest BCUT2D eigenvalue weighted by Gasteiger charge is -2.13. The molecule has 1 amide bonds. The van der Waals surface area contributed by atoms with Crippen LogP contribution >= 0.6 is 0 Å². The minimum Gasteiger partial charge on any atom is -0.480 e. The summed E-state index contributed by atoms with van der Waals surface area (Å²) in [4.78, 5) is 22.8. The number of nitrogens with zero attached hydrogens (tertiary/aromatic N) is 2. The zero-order valence-electron chi connectivity index (χ0n) is 11.9. The fourth-order valence-electron chi connectivity index (χ4n) is 2.35. The molecule has 0 spiro atoms. The van der Waals surface area contributed by atoms with Gasteiger partial charge in [0.2, 0.25) is 5.91 Å². The second-order valence-corrected chi connectivity index (χ2v) is 5.47. The molecule has 0 aliphatic heterocycles. The maximum Gasteiger partial charge on any atom is 0.326 e. The number of hydrogen-bond acceptors (Lipinski definition) is 3. The summed E-state index contributed by atoms with van der Waals surface area (Å²) in [6, 6.07) is 1.28. The van der Waals surface area contributed by atoms with Gasteiger partial charge in [-0.1, -0.05) is 0 Å². The molecule has 6 heteroatoms. The SMILES string of the molecule is Cc1cc(C)n(CCCC(=O)N[C@H](C(=O)O)C2CC2)n1. The maximum atomic E-state index is 11.8. The number of hydrogen-bond donors (Lipinski definition) is 2. The molecule has 2 N–H and O–H groups in total. The normalized spacial score (nSPS) is 15.9. The summed E-state index contributed by atoms with van der Waals surface area (Å²) in [5.41, 5.74) is 2.04. The van der Waals surface area contributed by atoms with E-state index in [-0.39, 0.29) is 11.8 Å². The van der Waals surface area contributed by atoms with Crippen LogP contribution in [0.5, 0.6) is 0 Å². The van der Waals surface area contributed by atoms with Crippen LogP contribution in [0.1, 0.15) is 37.1 Å². The van der Waals surface area contributed by atoms with E-state index in [1.54, 1.807) is 0 Å². The predicted molar refractivity (Wildman–Crippen MR) is 73.2 cm³/mol. The number of amides is 1. The zero-order valence-corrected chi connectivity index (χ0v) is 11.9. The standard InChI is InChI=1S/C14H21N3O3/c1-9-8-10(2)17(16-9)7-3-4-12(18)15-13(14(19)20)11-5-6-11/h8,11,13H,3-7H2,1-2H3,(H,15,18)(H,19,20)/t13-/m0/s1. The number of carboxylic acids is 1. The Hall–Kier alpha value is -1.85. The first-order chi connectivity index (χ1) is 9.47. The minimum absolute atomic E-state index is 0.118. The van der Waals surface area contributed by atoms with Crippen LogP contribution in [0.4, 0.5) is 0 Å². The van der Waals surface area contributed by atoms with E-state index in [1.165, 1.54) is 0 Å². The van der Waals surface area contributed by atoms with Crippen molar-refractivity contribution in [3.63, 3.8) is 0 Å². The first-order valence-corrected chi connectivity index (χ1v) is 7.00. The molecular formula is C14H21N3O3. The van der Waals surface area contributed by atoms with Gasteiger partial charge in [-0.15, -0.1) is 0 Å². The van der Waals surface area contributed by atoms with Crippen LogP contribution in [0.3, 0.4) is 0 Å². The van der Waals surface area contributed by atoms with E-state index in [4.69, 9.17) is 5.11 Å². The van der Waals surface area contributed by atoms with Crippen LogP contribution in [0.25, 0.3) is 0 Å². The molecular weight excluding hydrogens is 258 g/mol. The lowest BCUT2D eigenvalue weighted by molar-refractivity contribution is -0.142. The van der Waals surface area contributed by atoms with Crippen LogP contribution in [-0.2, 0) is 16.1 Å². The second-order valence-electron chi connectivity index (χ2n) is 5.47. The maximum absolute atomic E-state index is 11.8. The average Bonchev–Trinajstić information content (AvgIpc) is 3.13. The number of aliphatic carboxylic acids is 1. The van der Waals surface area contributed by atoms with E-state index < -0.39 is 12.0 Å². The van der Waals surface area contributed by atoms with Crippen molar-refractivity contribution in [2.45, 2.75) is 52.1 Å². The van der Waals surface area contributed by atoms with E-state index in [0.717, 1.165) is 24.2 Å². The lowest BCUT2D eigenvalue weighted by atomic mass is 10.1. The monoisotopic (exact) mass is 279 g/mol. The van der Waals surface area contributed by atoms with E-state index in [9.17, 15) is 9.59 Å². The minimum atomic E-state index is -0.931. The Morgan fingerprint density at radius 1 is 1.50 bits per heavy atom. The summed E-state index contributed by atoms with van der Waals surface area (Å²) in [5.74, 6) is -1.00. The molecule has 0 unspecified atom stereocenters. The average molecular weight is 279 g/mol. The third-order valence-corrected chi connectivity index (χ3v) is 3.55. The molecule has 1 aliphatic carbocycles. The number of aryl methyl sites for hydroxylation is 3. The molecule has 110 valence electrons. The Morgan fingerprint density at radius 3 is 2.70 bits per heavy atom. The van der Waals surface area contributed by atoms with Gasteiger partial charge in [-0.3, -0.25) is 9.48 Å². The highest BCUT2D eigenvalue weighted by Crippen LogP contribution is 2.32. The molecule has 1 saturated carbocycles. The molecule has 1 heterocycles. The van der Waals surface area contributed by atoms with E-state index in [2.05, 4.69) is 10.4 Å². The molecule has 6 nitrogen and oxygen atoms in total. The van der Waals surface area contributed by atoms with Gasteiger partial charge in [-0.05, 0) is 45.1 Å². The number of rotatable bonds is 7. The topological polar surface area (TPSA) is 84.2 Å². The molecule has 1 fully saturated rings. The van der Waals surface area contributed by atoms with Crippen LogP contribution in [-0.4, -0.2) is 32.8 Å². The van der Waals surface area contributed by atoms with Gasteiger partial charge in [-0.2, -0.15) is 5.10 Å². The summed E-state index contributed by atoms with van der Waals surface area (Å²) < 4.78 is 1.87. The first kappa shape index (κ1) is 14.6. The van der Waals surface area contributed by atoms with Crippen LogP contribution in [0, 0.1) is 19.8 Å². The highest BCUT2D eigenvalue weighted by atomic mass is 16.4. The van der Waals surface area contributed by atoms with Crippen molar-refractivity contribution in [1.82, 2.24) is 15.1 Å². The molecule has 1 aromatic heterocycles. The fraction of sp³-hybridized carbons (Fsp3) is 0.643. The van der Waals surface area contributed by atoms with Gasteiger partial charge in [0.25, 0.3) is 0 Å². The summed E-state index contributed by atoms with van der Waals surface area (Å²) in [6.45, 7) is 4.59. The van der Waals surface area contributed by atoms with Gasteiger partial charge in [0.05, 0.1) is 5.69 Å². The Balaban J connectivity index is 1.74. The molecule has 0 aromatic carbocycles. The molecule has 0 bridgehead atoms. The molecule has 1 atom stereocenters. The zero-order chi connectivity index (χ0) is 14.7. The van der Waals surface area contributed by atoms with Crippen LogP contribution < -0.4 is 5.32 Å². The molecule has 1 aromatic rings. The molecule has 0 radical (unpaired) electrons. The Bertz CT molecular complexity index is 506. The third kappa shape index (κ3) is 3.82. The summed E-state index contributed by atoms with van der Waals surface area (Å²) in [7, 11) is 0. The summed E-state index contributed by atoms with van der Waals surface area (Å²) in [6.07, 6.45) is 2.77. The quantitative estimate of drug-likeness (QED) is 0.787. The van der Waals surface area contributed by atoms with Crippen molar-refractivity contribution in [3.05, 3.63) is 17.5 Å². The largest absolute Gasteiger partial charge is 0.480 e. The van der Waals surface area contributed by atoms with Crippen LogP contribution in [0.2, 0.25) is 0 Å². The number of nitrogens with one attached hydrogen (secondary N) is 1. The molecule has 20 heavy (non-hydrogen) atoms. The smallest absolute Gasteiger partial charge is 0.326 e. The molecule has 0 saturated heterocycles. The van der Waals surface area contributed by atoms with Crippen molar-refractivity contribution >= 4 is 11.9 Å². The highest BCUT2D eigenvalue weighted by Gasteiger charge is 2.37. The summed E-state index contributed by atoms with van der Waals surface area (Å²) >= 11 is 0. The fourth-order valence-corrected chi connectivity index (χ4v) is 2.35. The van der Waals surface area contributed by atoms with E-state index in [0.29, 0.717) is 19.4 Å². The summed E-state index contributed by atoms with van der Waals surface area (Å²) in [5, 5.41) is 16.0. The van der Waals surface area contributed by atoms with Crippen LogP contribution in [0.15, 0.2) is 6.07 Å². The van der Waals surface area contributed by atoms with Gasteiger partial charge < -0.3 is 10.4 Å². The van der Waals surface area contributed by atoms with Crippen molar-refractivity contribution in [3.8, 4) is 0 Å². The Morgan fingerprint density at radius 2 is 2.20 bits per heavy atom. The Labute approximate surface area is 118 Å². The van der Waals surface area contributed by atoms with Crippen molar-refractivity contribution in [2.24, 2.45) is 5.92 Å². The first-order valence-electron chi connectivity index (χ1n) is 7.00. The van der Waals surface area contributed by atoms with Gasteiger partial charge >= 0.3 is 5.97 Å². The highest BCUT2D eigenvalue weighted by molar-refractivity contribution is 5.83. The van der Waals surface area contributed by atoms with Gasteiger partial charge in [-0.25, -0.2) is 4.79 Å². The third-order valence-electron chi connectivity index (χ3n) is 3.55. The predicted octanol–water partition coefficient (Wildman–Crippen LogP) is 1.26. The number of carbonyl (C=O) groups is 2. The lowest BCUT2D eigenvalue weighted by Crippen LogP contribution is -2.42. The van der Waals surface area contributed by atoms with Crippen molar-refractivity contribution < 1.29 is 14.7 Å². The number of aromatic nitrogens is 2. The van der Waals surface area contributed by atoms with E-state index in [1.807, 2.05) is 24.6 Å². The molecule has 2 rings (SSSR count). The number of carbonyl (C=O) groups excluding carboxylic acids is 1. The van der Waals surface area contributed by atoms with Crippen molar-refractivity contribution in [2.75, 3.05) is 0 Å². The van der Waals surface area contributed by atoms with Gasteiger partial charge in [0.1, 0.15) is 6.04 Å². The van der Waals surface area contributed by atoms with Crippen molar-refractivity contribution in [1.29, 1.82) is 0 Å². The molecule has 1 aliphatic rings. The van der Waals surface area contributed by atoms with Gasteiger partial charge in [0.15, 0.2) is 0 Å². The second kappa shape index (κ2) is 6.07. The van der Waals surface area contributed by atoms with Gasteiger partial charge in [0, 0.05) is 18.7 Å². The Kier molecular flexibility index (Phi) is 4.42. The number of carboxylic acid groups (broad SMARTS) is 1. The van der Waals surface area contributed by atoms with E-state index >= 15 is 0 Å².